The third-order valence-electron chi connectivity index (χ3n) is 4.05. The van der Waals surface area contributed by atoms with E-state index in [4.69, 9.17) is 9.68 Å². The fourth-order valence-electron chi connectivity index (χ4n) is 3.65. The molecule has 1 fully saturated rings. The molecule has 0 bridgehead atoms. The van der Waals surface area contributed by atoms with E-state index in [0.29, 0.717) is 18.0 Å². The molecule has 0 spiro atoms. The molecular weight excluding hydrogens is 336 g/mol. The van der Waals surface area contributed by atoms with E-state index in [0.717, 1.165) is 19.3 Å². The van der Waals surface area contributed by atoms with Crippen molar-refractivity contribution >= 4 is 23.6 Å². The van der Waals surface area contributed by atoms with Gasteiger partial charge in [-0.25, -0.2) is 9.59 Å². The Morgan fingerprint density at radius 3 is 2.04 bits per heavy atom. The van der Waals surface area contributed by atoms with Crippen molar-refractivity contribution in [2.45, 2.75) is 73.8 Å². The van der Waals surface area contributed by atoms with Crippen molar-refractivity contribution in [1.29, 1.82) is 0 Å². The van der Waals surface area contributed by atoms with Crippen LogP contribution >= 0.6 is 0 Å². The molecule has 1 rings (SSSR count). The van der Waals surface area contributed by atoms with Gasteiger partial charge in [0.2, 0.25) is 0 Å². The van der Waals surface area contributed by atoms with E-state index in [2.05, 4.69) is 41.7 Å². The lowest BCUT2D eigenvalue weighted by Gasteiger charge is -2.46. The van der Waals surface area contributed by atoms with Gasteiger partial charge in [0.1, 0.15) is 0 Å². The standard InChI is InChI=1S/C18H32N4O4/c1-12(2)21-25-15(23)19-11-18(7)9-14(8-17(5,6)10-18)20-16(24)26-22-13(3)4/h14H,8-11H2,1-7H3,(H,19,23)(H,20,24). The molecule has 2 amide bonds. The number of carbonyl (C=O) groups is 2. The molecule has 2 atom stereocenters. The monoisotopic (exact) mass is 368 g/mol. The van der Waals surface area contributed by atoms with Gasteiger partial charge in [0.15, 0.2) is 0 Å². The van der Waals surface area contributed by atoms with Gasteiger partial charge in [-0.2, -0.15) is 0 Å². The molecule has 2 unspecified atom stereocenters. The predicted octanol–water partition coefficient (Wildman–Crippen LogP) is 3.82. The maximum Gasteiger partial charge on any atom is 0.433 e. The molecule has 2 N–H and O–H groups in total. The zero-order chi connectivity index (χ0) is 20.0. The second-order valence-corrected chi connectivity index (χ2v) is 8.59. The Bertz CT molecular complexity index is 578. The molecule has 8 heteroatoms. The third kappa shape index (κ3) is 8.31. The second-order valence-electron chi connectivity index (χ2n) is 8.59. The van der Waals surface area contributed by atoms with Gasteiger partial charge in [-0.05, 0) is 57.8 Å². The summed E-state index contributed by atoms with van der Waals surface area (Å²) in [5, 5.41) is 13.0. The zero-order valence-corrected chi connectivity index (χ0v) is 16.9. The number of carbonyl (C=O) groups excluding carboxylic acids is 2. The fourth-order valence-corrected chi connectivity index (χ4v) is 3.65. The maximum atomic E-state index is 11.9. The van der Waals surface area contributed by atoms with Crippen molar-refractivity contribution in [2.24, 2.45) is 21.1 Å². The van der Waals surface area contributed by atoms with Crippen LogP contribution in [0.4, 0.5) is 9.59 Å². The van der Waals surface area contributed by atoms with Crippen molar-refractivity contribution in [2.75, 3.05) is 6.54 Å². The molecular formula is C18H32N4O4. The minimum Gasteiger partial charge on any atom is -0.319 e. The molecule has 0 aromatic heterocycles. The number of oxime groups is 2. The SMILES string of the molecule is CC(C)=NOC(=O)NCC1(C)CC(NC(=O)ON=C(C)C)CC(C)(C)C1. The van der Waals surface area contributed by atoms with Crippen LogP contribution in [-0.2, 0) is 9.68 Å². The molecule has 0 aromatic carbocycles. The van der Waals surface area contributed by atoms with E-state index in [1.807, 2.05) is 0 Å². The fraction of sp³-hybridized carbons (Fsp3) is 0.778. The van der Waals surface area contributed by atoms with E-state index in [9.17, 15) is 9.59 Å². The Labute approximate surface area is 155 Å². The highest BCUT2D eigenvalue weighted by Gasteiger charge is 2.42. The Balaban J connectivity index is 2.66. The first kappa shape index (κ1) is 21.9. The Morgan fingerprint density at radius 2 is 1.50 bits per heavy atom. The molecule has 1 saturated carbocycles. The number of amides is 2. The molecule has 0 saturated heterocycles. The van der Waals surface area contributed by atoms with Crippen molar-refractivity contribution in [3.05, 3.63) is 0 Å². The van der Waals surface area contributed by atoms with E-state index >= 15 is 0 Å². The topological polar surface area (TPSA) is 101 Å². The van der Waals surface area contributed by atoms with Crippen LogP contribution in [0.5, 0.6) is 0 Å². The minimum atomic E-state index is -0.576. The second kappa shape index (κ2) is 9.00. The molecule has 0 aliphatic heterocycles. The van der Waals surface area contributed by atoms with Gasteiger partial charge in [-0.15, -0.1) is 0 Å². The largest absolute Gasteiger partial charge is 0.433 e. The number of nitrogens with zero attached hydrogens (tertiary/aromatic N) is 2. The molecule has 148 valence electrons. The summed E-state index contributed by atoms with van der Waals surface area (Å²) in [4.78, 5) is 33.3. The van der Waals surface area contributed by atoms with Gasteiger partial charge in [0.05, 0.1) is 11.4 Å². The van der Waals surface area contributed by atoms with Crippen LogP contribution in [-0.4, -0.2) is 36.2 Å². The normalized spacial score (nSPS) is 24.0. The first-order chi connectivity index (χ1) is 11.9. The summed E-state index contributed by atoms with van der Waals surface area (Å²) < 4.78 is 0. The van der Waals surface area contributed by atoms with Gasteiger partial charge < -0.3 is 10.6 Å². The van der Waals surface area contributed by atoms with Crippen molar-refractivity contribution in [3.63, 3.8) is 0 Å². The van der Waals surface area contributed by atoms with Crippen LogP contribution in [0.2, 0.25) is 0 Å². The van der Waals surface area contributed by atoms with Crippen LogP contribution in [0.25, 0.3) is 0 Å². The van der Waals surface area contributed by atoms with Gasteiger partial charge >= 0.3 is 12.2 Å². The molecule has 0 heterocycles. The maximum absolute atomic E-state index is 11.9. The van der Waals surface area contributed by atoms with Crippen LogP contribution in [0.3, 0.4) is 0 Å². The van der Waals surface area contributed by atoms with Crippen LogP contribution in [0.15, 0.2) is 10.3 Å². The van der Waals surface area contributed by atoms with Crippen LogP contribution in [0.1, 0.15) is 67.7 Å². The average molecular weight is 368 g/mol. The Kier molecular flexibility index (Phi) is 7.59. The van der Waals surface area contributed by atoms with Crippen molar-refractivity contribution < 1.29 is 19.3 Å². The highest BCUT2D eigenvalue weighted by atomic mass is 16.7. The zero-order valence-electron chi connectivity index (χ0n) is 16.9. The Morgan fingerprint density at radius 1 is 0.962 bits per heavy atom. The van der Waals surface area contributed by atoms with Gasteiger partial charge in [-0.1, -0.05) is 31.1 Å². The molecule has 26 heavy (non-hydrogen) atoms. The highest BCUT2D eigenvalue weighted by molar-refractivity contribution is 5.80. The lowest BCUT2D eigenvalue weighted by Crippen LogP contribution is -2.50. The third-order valence-corrected chi connectivity index (χ3v) is 4.05. The van der Waals surface area contributed by atoms with Gasteiger partial charge in [-0.3, -0.25) is 9.68 Å². The first-order valence-electron chi connectivity index (χ1n) is 8.86. The quantitative estimate of drug-likeness (QED) is 0.437. The molecule has 0 aromatic rings. The number of hydrogen-bond donors (Lipinski definition) is 2. The minimum absolute atomic E-state index is 0.0125. The molecule has 0 radical (unpaired) electrons. The Hall–Kier alpha value is -2.12. The molecule has 1 aliphatic rings. The van der Waals surface area contributed by atoms with E-state index in [-0.39, 0.29) is 16.9 Å². The number of hydrogen-bond acceptors (Lipinski definition) is 6. The first-order valence-corrected chi connectivity index (χ1v) is 8.86. The summed E-state index contributed by atoms with van der Waals surface area (Å²) in [6.07, 6.45) is 1.33. The summed E-state index contributed by atoms with van der Waals surface area (Å²) in [5.41, 5.74) is 1.16. The smallest absolute Gasteiger partial charge is 0.319 e. The van der Waals surface area contributed by atoms with Crippen LogP contribution < -0.4 is 10.6 Å². The van der Waals surface area contributed by atoms with E-state index < -0.39 is 12.2 Å². The van der Waals surface area contributed by atoms with Crippen LogP contribution in [0, 0.1) is 10.8 Å². The van der Waals surface area contributed by atoms with E-state index in [1.165, 1.54) is 0 Å². The van der Waals surface area contributed by atoms with Crippen molar-refractivity contribution in [1.82, 2.24) is 10.6 Å². The predicted molar refractivity (Wildman–Crippen MR) is 101 cm³/mol. The van der Waals surface area contributed by atoms with Gasteiger partial charge in [0.25, 0.3) is 0 Å². The van der Waals surface area contributed by atoms with Crippen molar-refractivity contribution in [3.8, 4) is 0 Å². The van der Waals surface area contributed by atoms with E-state index in [1.54, 1.807) is 27.7 Å². The summed E-state index contributed by atoms with van der Waals surface area (Å²) in [7, 11) is 0. The van der Waals surface area contributed by atoms with Gasteiger partial charge in [0, 0.05) is 12.6 Å². The number of rotatable bonds is 5. The summed E-state index contributed by atoms with van der Waals surface area (Å²) >= 11 is 0. The lowest BCUT2D eigenvalue weighted by molar-refractivity contribution is 0.0629. The average Bonchev–Trinajstić information content (AvgIpc) is 2.47. The molecule has 8 nitrogen and oxygen atoms in total. The molecule has 1 aliphatic carbocycles. The summed E-state index contributed by atoms with van der Waals surface area (Å²) in [5.74, 6) is 0. The summed E-state index contributed by atoms with van der Waals surface area (Å²) in [6.45, 7) is 13.8. The summed E-state index contributed by atoms with van der Waals surface area (Å²) in [6, 6.07) is -0.0580. The number of nitrogens with one attached hydrogen (secondary N) is 2. The highest BCUT2D eigenvalue weighted by Crippen LogP contribution is 2.45. The lowest BCUT2D eigenvalue weighted by atomic mass is 9.62.